The normalized spacial score (nSPS) is 24.7. The van der Waals surface area contributed by atoms with E-state index >= 15 is 0 Å². The first-order valence-corrected chi connectivity index (χ1v) is 24.0. The van der Waals surface area contributed by atoms with Gasteiger partial charge in [0, 0.05) is 72.8 Å². The summed E-state index contributed by atoms with van der Waals surface area (Å²) in [4.78, 5) is 96.7. The van der Waals surface area contributed by atoms with Crippen LogP contribution in [-0.4, -0.2) is 144 Å². The molecular formula is C51H60F2N2O21. The molecule has 414 valence electrons. The number of halogens is 2. The summed E-state index contributed by atoms with van der Waals surface area (Å²) in [6.45, 7) is 6.10. The van der Waals surface area contributed by atoms with Gasteiger partial charge in [-0.15, -0.1) is 0 Å². The maximum Gasteiger partial charge on any atom is 0.387 e. The number of esters is 7. The van der Waals surface area contributed by atoms with Crippen LogP contribution >= 0.6 is 0 Å². The first-order valence-electron chi connectivity index (χ1n) is 24.0. The summed E-state index contributed by atoms with van der Waals surface area (Å²) in [6.07, 6.45) is -12.2. The molecule has 3 aliphatic rings. The van der Waals surface area contributed by atoms with Crippen molar-refractivity contribution in [2.75, 3.05) is 13.2 Å². The maximum absolute atomic E-state index is 13.4. The fourth-order valence-electron chi connectivity index (χ4n) is 8.32. The fourth-order valence-corrected chi connectivity index (χ4v) is 8.32. The Hall–Kier alpha value is -7.09. The topological polar surface area (TPSA) is 285 Å². The molecule has 23 nitrogen and oxygen atoms in total. The number of hydrogen-bond donors (Lipinski definition) is 1. The zero-order chi connectivity index (χ0) is 55.6. The van der Waals surface area contributed by atoms with Crippen LogP contribution in [0.15, 0.2) is 54.9 Å². The minimum absolute atomic E-state index is 0.126. The van der Waals surface area contributed by atoms with Crippen LogP contribution in [-0.2, 0) is 93.0 Å². The molecule has 0 bridgehead atoms. The number of hydrogen-bond acceptors (Lipinski definition) is 23. The summed E-state index contributed by atoms with van der Waals surface area (Å²) in [7, 11) is 0. The molecule has 25 heteroatoms. The van der Waals surface area contributed by atoms with Crippen LogP contribution in [0, 0.1) is 0 Å². The molecule has 3 fully saturated rings. The quantitative estimate of drug-likeness (QED) is 0.109. The highest BCUT2D eigenvalue weighted by Gasteiger charge is 2.58. The maximum atomic E-state index is 13.4. The Labute approximate surface area is 434 Å². The Kier molecular flexibility index (Phi) is 19.6. The molecule has 0 spiro atoms. The van der Waals surface area contributed by atoms with E-state index in [2.05, 4.69) is 9.97 Å². The molecule has 1 N–H and O–H groups in total. The van der Waals surface area contributed by atoms with Crippen LogP contribution < -0.4 is 14.2 Å². The molecule has 6 rings (SSSR count). The van der Waals surface area contributed by atoms with Crippen LogP contribution in [0.2, 0.25) is 0 Å². The Morgan fingerprint density at radius 3 is 1.63 bits per heavy atom. The van der Waals surface area contributed by atoms with Crippen LogP contribution in [0.5, 0.6) is 17.4 Å². The average Bonchev–Trinajstić information content (AvgIpc) is 4.15. The lowest BCUT2D eigenvalue weighted by Crippen LogP contribution is -2.67. The Morgan fingerprint density at radius 2 is 1.13 bits per heavy atom. The van der Waals surface area contributed by atoms with E-state index < -0.39 is 135 Å². The van der Waals surface area contributed by atoms with Crippen molar-refractivity contribution < 1.29 is 109 Å². The van der Waals surface area contributed by atoms with Gasteiger partial charge in [-0.3, -0.25) is 38.5 Å². The van der Waals surface area contributed by atoms with E-state index in [1.165, 1.54) is 18.3 Å². The lowest BCUT2D eigenvalue weighted by atomic mass is 9.86. The summed E-state index contributed by atoms with van der Waals surface area (Å²) in [5, 5.41) is 10.6. The van der Waals surface area contributed by atoms with Gasteiger partial charge in [-0.1, -0.05) is 18.2 Å². The summed E-state index contributed by atoms with van der Waals surface area (Å²) in [5.74, 6) is -6.90. The van der Waals surface area contributed by atoms with Crippen LogP contribution in [0.3, 0.4) is 0 Å². The number of ether oxygens (including phenoxy) is 13. The van der Waals surface area contributed by atoms with Crippen LogP contribution in [0.4, 0.5) is 8.78 Å². The number of alkyl halides is 2. The van der Waals surface area contributed by atoms with Crippen molar-refractivity contribution in [3.63, 3.8) is 0 Å². The highest BCUT2D eigenvalue weighted by molar-refractivity contribution is 5.69. The van der Waals surface area contributed by atoms with Gasteiger partial charge < -0.3 is 66.7 Å². The summed E-state index contributed by atoms with van der Waals surface area (Å²) in [5.41, 5.74) is 1.10. The summed E-state index contributed by atoms with van der Waals surface area (Å²) in [6, 6.07) is 11.2. The van der Waals surface area contributed by atoms with E-state index in [9.17, 15) is 47.4 Å². The van der Waals surface area contributed by atoms with Gasteiger partial charge in [0.1, 0.15) is 37.1 Å². The van der Waals surface area contributed by atoms with E-state index in [1.54, 1.807) is 50.4 Å². The van der Waals surface area contributed by atoms with Crippen LogP contribution in [0.25, 0.3) is 0 Å². The monoisotopic (exact) mass is 1070 g/mol. The molecule has 76 heavy (non-hydrogen) atoms. The Morgan fingerprint density at radius 1 is 0.605 bits per heavy atom. The predicted molar refractivity (Wildman–Crippen MR) is 250 cm³/mol. The number of aliphatic hydroxyl groups is 1. The molecule has 2 aromatic heterocycles. The zero-order valence-electron chi connectivity index (χ0n) is 43.0. The highest BCUT2D eigenvalue weighted by atomic mass is 19.3. The van der Waals surface area contributed by atoms with E-state index in [1.807, 2.05) is 0 Å². The minimum atomic E-state index is -3.10. The van der Waals surface area contributed by atoms with Gasteiger partial charge in [-0.25, -0.2) is 4.98 Å². The second kappa shape index (κ2) is 25.6. The Bertz CT molecular complexity index is 2540. The van der Waals surface area contributed by atoms with E-state index in [0.29, 0.717) is 22.4 Å². The molecule has 11 atom stereocenters. The molecule has 0 amide bonds. The smallest absolute Gasteiger partial charge is 0.387 e. The van der Waals surface area contributed by atoms with Gasteiger partial charge in [-0.2, -0.15) is 8.78 Å². The zero-order valence-corrected chi connectivity index (χ0v) is 43.0. The number of carbonyl (C=O) groups is 7. The molecular weight excluding hydrogens is 1010 g/mol. The van der Waals surface area contributed by atoms with Crippen molar-refractivity contribution in [2.45, 2.75) is 167 Å². The van der Waals surface area contributed by atoms with Crippen molar-refractivity contribution in [1.29, 1.82) is 0 Å². The SMILES string of the molecule is CC(=O)OC[C@H]1O[C@@H](O[C@H]2[C@H](OC(C)=O)[C@@H](OC(C)=O)[C@H](Oc3ccc(C[C@H](c4ccc(C(C)(C)O)nc4)c4ccc(OC(F)F)c(OC5CC5)c4)cn3)O[C@@H]2COC(C)=O)[C@H](OC(C)=O)[C@@H](OC(C)=O)[C@@H]1OC(C)=O. The van der Waals surface area contributed by atoms with E-state index in [4.69, 9.17) is 61.6 Å². The van der Waals surface area contributed by atoms with Crippen molar-refractivity contribution in [1.82, 2.24) is 9.97 Å². The lowest BCUT2D eigenvalue weighted by molar-refractivity contribution is -0.354. The van der Waals surface area contributed by atoms with Gasteiger partial charge in [0.15, 0.2) is 42.2 Å². The molecule has 3 aromatic rings. The first-order chi connectivity index (χ1) is 35.8. The number of aromatic nitrogens is 2. The highest BCUT2D eigenvalue weighted by Crippen LogP contribution is 2.40. The molecule has 4 heterocycles. The van der Waals surface area contributed by atoms with Gasteiger partial charge in [0.05, 0.1) is 11.8 Å². The number of rotatable bonds is 22. The second-order valence-corrected chi connectivity index (χ2v) is 18.5. The third kappa shape index (κ3) is 16.5. The molecule has 0 radical (unpaired) electrons. The average molecular weight is 1080 g/mol. The molecule has 1 saturated carbocycles. The van der Waals surface area contributed by atoms with E-state index in [0.717, 1.165) is 61.3 Å². The number of nitrogens with zero attached hydrogens (tertiary/aromatic N) is 2. The molecule has 1 aromatic carbocycles. The van der Waals surface area contributed by atoms with Crippen molar-refractivity contribution in [2.24, 2.45) is 0 Å². The predicted octanol–water partition coefficient (Wildman–Crippen LogP) is 4.22. The molecule has 2 aliphatic heterocycles. The van der Waals surface area contributed by atoms with Gasteiger partial charge >= 0.3 is 48.4 Å². The fraction of sp³-hybridized carbons (Fsp3) is 0.549. The van der Waals surface area contributed by atoms with Crippen molar-refractivity contribution in [3.05, 3.63) is 77.2 Å². The number of benzene rings is 1. The summed E-state index contributed by atoms with van der Waals surface area (Å²) >= 11 is 0. The standard InChI is InChI=1S/C51H60F2N2O21/c1-24(56)64-22-38-42(66-26(3)58)44(67-27(4)59)47(70-30(7)62)49(73-38)76-43-39(23-65-25(2)57)72-48(46(69-29(6)61)45(43)68-28(5)60)75-41-17-10-31(20-55-41)18-35(33-12-16-40(54-21-33)51(8,9)63)32-11-15-36(74-50(52)53)37(19-32)71-34-13-14-34/h10-12,15-17,19-21,34-35,38-39,42-50,63H,13-14,18,22-23H2,1-9H3/t35-,38+,39+,42+,43+,44-,45-,46+,47+,48-,49-/m0/s1. The van der Waals surface area contributed by atoms with Crippen molar-refractivity contribution in [3.8, 4) is 17.4 Å². The minimum Gasteiger partial charge on any atom is -0.487 e. The van der Waals surface area contributed by atoms with Crippen LogP contribution in [0.1, 0.15) is 103 Å². The molecule has 2 saturated heterocycles. The Balaban J connectivity index is 1.35. The number of pyridine rings is 2. The van der Waals surface area contributed by atoms with Crippen molar-refractivity contribution >= 4 is 41.8 Å². The van der Waals surface area contributed by atoms with Gasteiger partial charge in [-0.05, 0) is 68.0 Å². The third-order valence-corrected chi connectivity index (χ3v) is 11.6. The number of carbonyl (C=O) groups excluding carboxylic acids is 7. The third-order valence-electron chi connectivity index (χ3n) is 11.6. The molecule has 1 aliphatic carbocycles. The van der Waals surface area contributed by atoms with Gasteiger partial charge in [0.2, 0.25) is 18.3 Å². The first kappa shape index (κ1) is 58.2. The lowest BCUT2D eigenvalue weighted by Gasteiger charge is -2.48. The van der Waals surface area contributed by atoms with E-state index in [-0.39, 0.29) is 29.9 Å². The second-order valence-electron chi connectivity index (χ2n) is 18.5. The van der Waals surface area contributed by atoms with Gasteiger partial charge in [0.25, 0.3) is 0 Å². The molecule has 0 unspecified atom stereocenters. The summed E-state index contributed by atoms with van der Waals surface area (Å²) < 4.78 is 101. The largest absolute Gasteiger partial charge is 0.487 e.